The minimum atomic E-state index is -0.504. The highest BCUT2D eigenvalue weighted by atomic mass is 16.3. The Hall–Kier alpha value is -1.08. The van der Waals surface area contributed by atoms with Crippen molar-refractivity contribution >= 4 is 0 Å². The maximum Gasteiger partial charge on any atom is 0.0998 e. The lowest BCUT2D eigenvalue weighted by molar-refractivity contribution is 0.212. The largest absolute Gasteiger partial charge is 0.384 e. The lowest BCUT2D eigenvalue weighted by Crippen LogP contribution is -1.98. The van der Waals surface area contributed by atoms with Crippen molar-refractivity contribution < 1.29 is 5.11 Å². The maximum absolute atomic E-state index is 9.69. The molecule has 0 spiro atoms. The van der Waals surface area contributed by atoms with Crippen LogP contribution in [0.15, 0.2) is 42.5 Å². The molecule has 1 heteroatoms. The van der Waals surface area contributed by atoms with E-state index in [1.807, 2.05) is 37.3 Å². The summed E-state index contributed by atoms with van der Waals surface area (Å²) in [5.41, 5.74) is 1.78. The summed E-state index contributed by atoms with van der Waals surface area (Å²) in [6.07, 6.45) is 0.312. The Morgan fingerprint density at radius 1 is 1.42 bits per heavy atom. The summed E-state index contributed by atoms with van der Waals surface area (Å²) in [4.78, 5) is 0. The molecule has 0 fully saturated rings. The number of aliphatic hydroxyl groups is 1. The lowest BCUT2D eigenvalue weighted by Gasteiger charge is -2.11. The second-order valence-electron chi connectivity index (χ2n) is 2.83. The van der Waals surface area contributed by atoms with Gasteiger partial charge in [0.05, 0.1) is 6.10 Å². The summed E-state index contributed by atoms with van der Waals surface area (Å²) in [7, 11) is 0. The molecule has 0 saturated carbocycles. The van der Waals surface area contributed by atoms with E-state index in [1.54, 1.807) is 0 Å². The summed E-state index contributed by atoms with van der Waals surface area (Å²) in [5.74, 6) is 0. The molecule has 0 aliphatic carbocycles. The molecule has 0 aliphatic heterocycles. The van der Waals surface area contributed by atoms with Gasteiger partial charge >= 0.3 is 0 Å². The van der Waals surface area contributed by atoms with Crippen molar-refractivity contribution in [3.8, 4) is 0 Å². The Morgan fingerprint density at radius 2 is 2.00 bits per heavy atom. The Balaban J connectivity index is 2.78. The zero-order valence-electron chi connectivity index (χ0n) is 7.33. The van der Waals surface area contributed by atoms with Crippen molar-refractivity contribution in [1.29, 1.82) is 0 Å². The molecule has 0 amide bonds. The number of hydrogen-bond donors (Lipinski definition) is 1. The average molecular weight is 162 g/mol. The van der Waals surface area contributed by atoms with Gasteiger partial charge in [0.1, 0.15) is 0 Å². The highest BCUT2D eigenvalue weighted by Crippen LogP contribution is 2.21. The first-order valence-corrected chi connectivity index (χ1v) is 4.16. The van der Waals surface area contributed by atoms with E-state index in [4.69, 9.17) is 0 Å². The molecule has 0 radical (unpaired) electrons. The van der Waals surface area contributed by atoms with Gasteiger partial charge in [0, 0.05) is 0 Å². The number of rotatable bonds is 3. The monoisotopic (exact) mass is 162 g/mol. The zero-order chi connectivity index (χ0) is 8.97. The quantitative estimate of drug-likeness (QED) is 0.677. The molecule has 0 unspecified atom stereocenters. The fraction of sp³-hybridized carbons (Fsp3) is 0.273. The standard InChI is InChI=1S/C11H14O/c1-3-9(2)11(12)10-7-5-4-6-8-10/h4-8,11-12H,2-3H2,1H3/t11-/m1/s1. The summed E-state index contributed by atoms with van der Waals surface area (Å²) < 4.78 is 0. The second-order valence-corrected chi connectivity index (χ2v) is 2.83. The molecule has 0 saturated heterocycles. The van der Waals surface area contributed by atoms with E-state index in [9.17, 15) is 5.11 Å². The van der Waals surface area contributed by atoms with E-state index in [0.29, 0.717) is 0 Å². The fourth-order valence-corrected chi connectivity index (χ4v) is 1.06. The van der Waals surface area contributed by atoms with Crippen molar-refractivity contribution in [2.24, 2.45) is 0 Å². The third kappa shape index (κ3) is 1.95. The fourth-order valence-electron chi connectivity index (χ4n) is 1.06. The molecule has 1 N–H and O–H groups in total. The molecular formula is C11H14O. The first-order valence-electron chi connectivity index (χ1n) is 4.16. The highest BCUT2D eigenvalue weighted by Gasteiger charge is 2.07. The van der Waals surface area contributed by atoms with Crippen molar-refractivity contribution in [2.75, 3.05) is 0 Å². The molecule has 0 bridgehead atoms. The van der Waals surface area contributed by atoms with Gasteiger partial charge in [-0.15, -0.1) is 0 Å². The van der Waals surface area contributed by atoms with E-state index in [0.717, 1.165) is 17.6 Å². The van der Waals surface area contributed by atoms with Crippen molar-refractivity contribution in [1.82, 2.24) is 0 Å². The molecule has 1 nitrogen and oxygen atoms in total. The minimum absolute atomic E-state index is 0.504. The van der Waals surface area contributed by atoms with Gasteiger partial charge < -0.3 is 5.11 Å². The van der Waals surface area contributed by atoms with E-state index < -0.39 is 6.10 Å². The lowest BCUT2D eigenvalue weighted by atomic mass is 10.0. The average Bonchev–Trinajstić information content (AvgIpc) is 2.17. The molecule has 1 aromatic carbocycles. The van der Waals surface area contributed by atoms with Gasteiger partial charge in [0.25, 0.3) is 0 Å². The van der Waals surface area contributed by atoms with Crippen LogP contribution in [0.25, 0.3) is 0 Å². The molecule has 1 rings (SSSR count). The predicted molar refractivity (Wildman–Crippen MR) is 50.8 cm³/mol. The van der Waals surface area contributed by atoms with Crippen LogP contribution in [-0.2, 0) is 0 Å². The van der Waals surface area contributed by atoms with Crippen LogP contribution in [0.5, 0.6) is 0 Å². The number of benzene rings is 1. The van der Waals surface area contributed by atoms with Gasteiger partial charge in [-0.2, -0.15) is 0 Å². The first-order chi connectivity index (χ1) is 5.75. The van der Waals surface area contributed by atoms with Crippen LogP contribution in [0, 0.1) is 0 Å². The van der Waals surface area contributed by atoms with Crippen molar-refractivity contribution in [3.63, 3.8) is 0 Å². The van der Waals surface area contributed by atoms with Crippen LogP contribution >= 0.6 is 0 Å². The normalized spacial score (nSPS) is 12.5. The molecule has 64 valence electrons. The van der Waals surface area contributed by atoms with Crippen LogP contribution in [-0.4, -0.2) is 5.11 Å². The molecular weight excluding hydrogens is 148 g/mol. The Labute approximate surface area is 73.4 Å². The van der Waals surface area contributed by atoms with Gasteiger partial charge in [0.2, 0.25) is 0 Å². The van der Waals surface area contributed by atoms with Crippen LogP contribution in [0.4, 0.5) is 0 Å². The van der Waals surface area contributed by atoms with Gasteiger partial charge in [-0.1, -0.05) is 43.8 Å². The molecule has 1 atom stereocenters. The summed E-state index contributed by atoms with van der Waals surface area (Å²) in [5, 5.41) is 9.69. The molecule has 0 aromatic heterocycles. The third-order valence-electron chi connectivity index (χ3n) is 1.96. The van der Waals surface area contributed by atoms with E-state index in [-0.39, 0.29) is 0 Å². The Kier molecular flexibility index (Phi) is 3.06. The van der Waals surface area contributed by atoms with Gasteiger partial charge in [-0.25, -0.2) is 0 Å². The predicted octanol–water partition coefficient (Wildman–Crippen LogP) is 2.69. The zero-order valence-corrected chi connectivity index (χ0v) is 7.33. The third-order valence-corrected chi connectivity index (χ3v) is 1.96. The number of aliphatic hydroxyl groups excluding tert-OH is 1. The smallest absolute Gasteiger partial charge is 0.0998 e. The van der Waals surface area contributed by atoms with Crippen molar-refractivity contribution in [3.05, 3.63) is 48.0 Å². The Bertz CT molecular complexity index is 251. The van der Waals surface area contributed by atoms with Gasteiger partial charge in [0.15, 0.2) is 0 Å². The highest BCUT2D eigenvalue weighted by molar-refractivity contribution is 5.24. The van der Waals surface area contributed by atoms with E-state index in [2.05, 4.69) is 6.58 Å². The maximum atomic E-state index is 9.69. The van der Waals surface area contributed by atoms with Gasteiger partial charge in [-0.3, -0.25) is 0 Å². The molecule has 1 aromatic rings. The van der Waals surface area contributed by atoms with Crippen LogP contribution in [0.1, 0.15) is 25.0 Å². The first kappa shape index (κ1) is 9.01. The number of hydrogen-bond acceptors (Lipinski definition) is 1. The summed E-state index contributed by atoms with van der Waals surface area (Å²) in [6.45, 7) is 5.79. The van der Waals surface area contributed by atoms with E-state index >= 15 is 0 Å². The molecule has 12 heavy (non-hydrogen) atoms. The van der Waals surface area contributed by atoms with Crippen LogP contribution < -0.4 is 0 Å². The molecule has 0 aliphatic rings. The Morgan fingerprint density at radius 3 is 2.50 bits per heavy atom. The molecule has 0 heterocycles. The van der Waals surface area contributed by atoms with Crippen LogP contribution in [0.2, 0.25) is 0 Å². The summed E-state index contributed by atoms with van der Waals surface area (Å²) >= 11 is 0. The van der Waals surface area contributed by atoms with Crippen LogP contribution in [0.3, 0.4) is 0 Å². The van der Waals surface area contributed by atoms with E-state index in [1.165, 1.54) is 0 Å². The topological polar surface area (TPSA) is 20.2 Å². The van der Waals surface area contributed by atoms with Crippen molar-refractivity contribution in [2.45, 2.75) is 19.4 Å². The summed E-state index contributed by atoms with van der Waals surface area (Å²) in [6, 6.07) is 9.59. The SMILES string of the molecule is C=C(CC)[C@@H](O)c1ccccc1. The minimum Gasteiger partial charge on any atom is -0.384 e. The second kappa shape index (κ2) is 4.07. The van der Waals surface area contributed by atoms with Gasteiger partial charge in [-0.05, 0) is 17.6 Å².